The summed E-state index contributed by atoms with van der Waals surface area (Å²) in [6.07, 6.45) is 1.57. The molecular formula is C22H27BrN4O5. The molecule has 2 atom stereocenters. The second-order valence-corrected chi connectivity index (χ2v) is 9.26. The Labute approximate surface area is 194 Å². The third-order valence-corrected chi connectivity index (χ3v) is 6.37. The summed E-state index contributed by atoms with van der Waals surface area (Å²) in [7, 11) is 1.28. The first kappa shape index (κ1) is 22.8. The van der Waals surface area contributed by atoms with Crippen molar-refractivity contribution >= 4 is 27.9 Å². The minimum absolute atomic E-state index is 0.140. The van der Waals surface area contributed by atoms with Crippen molar-refractivity contribution in [3.63, 3.8) is 0 Å². The van der Waals surface area contributed by atoms with Crippen LogP contribution in [0.4, 0.5) is 4.79 Å². The number of nitrogens with one attached hydrogen (secondary N) is 2. The third-order valence-electron chi connectivity index (χ3n) is 5.85. The number of halogens is 1. The number of rotatable bonds is 5. The normalized spacial score (nSPS) is 20.7. The van der Waals surface area contributed by atoms with Crippen molar-refractivity contribution < 1.29 is 23.8 Å². The second-order valence-electron chi connectivity index (χ2n) is 8.34. The number of methoxy groups -OCH3 is 1. The van der Waals surface area contributed by atoms with Gasteiger partial charge < -0.3 is 29.4 Å². The van der Waals surface area contributed by atoms with Gasteiger partial charge in [-0.15, -0.1) is 0 Å². The van der Waals surface area contributed by atoms with Gasteiger partial charge in [0.2, 0.25) is 5.91 Å². The quantitative estimate of drug-likeness (QED) is 0.644. The van der Waals surface area contributed by atoms with E-state index in [9.17, 15) is 9.59 Å². The maximum Gasteiger partial charge on any atom is 0.407 e. The fraction of sp³-hybridized carbons (Fsp3) is 0.500. The van der Waals surface area contributed by atoms with E-state index in [1.165, 1.54) is 7.11 Å². The number of ether oxygens (including phenoxy) is 3. The van der Waals surface area contributed by atoms with Crippen LogP contribution in [-0.4, -0.2) is 65.6 Å². The Kier molecular flexibility index (Phi) is 6.55. The lowest BCUT2D eigenvalue weighted by Gasteiger charge is -2.30. The highest BCUT2D eigenvalue weighted by atomic mass is 79.9. The van der Waals surface area contributed by atoms with E-state index in [-0.39, 0.29) is 24.4 Å². The Bertz CT molecular complexity index is 971. The molecule has 3 heterocycles. The van der Waals surface area contributed by atoms with Crippen molar-refractivity contribution in [1.29, 1.82) is 0 Å². The smallest absolute Gasteiger partial charge is 0.407 e. The second kappa shape index (κ2) is 9.21. The van der Waals surface area contributed by atoms with Gasteiger partial charge >= 0.3 is 6.09 Å². The first-order valence-corrected chi connectivity index (χ1v) is 11.3. The number of aromatic nitrogens is 2. The maximum absolute atomic E-state index is 13.6. The lowest BCUT2D eigenvalue weighted by molar-refractivity contribution is -0.153. The molecule has 10 heteroatoms. The van der Waals surface area contributed by atoms with Gasteiger partial charge in [0.1, 0.15) is 11.9 Å². The summed E-state index contributed by atoms with van der Waals surface area (Å²) in [6.45, 7) is 4.97. The van der Waals surface area contributed by atoms with Gasteiger partial charge in [0, 0.05) is 10.9 Å². The lowest BCUT2D eigenvalue weighted by atomic mass is 10.0. The standard InChI is InChI=1S/C22H27BrN4O5/c1-13(2)18(26-21(29)30-3)20(28)27-12-22(31-8-9-32-22)10-17(27)19-24-11-16(25-19)14-4-6-15(23)7-5-14/h4-7,11,13,17-18H,8-10,12H2,1-3H3,(H,24,25)(H,26,29)/t17?,18-/m0/s1. The summed E-state index contributed by atoms with van der Waals surface area (Å²) in [6, 6.07) is 6.76. The van der Waals surface area contributed by atoms with Crippen LogP contribution in [0.2, 0.25) is 0 Å². The fourth-order valence-corrected chi connectivity index (χ4v) is 4.45. The zero-order valence-corrected chi connectivity index (χ0v) is 19.8. The largest absolute Gasteiger partial charge is 0.453 e. The van der Waals surface area contributed by atoms with Gasteiger partial charge in [-0.05, 0) is 23.6 Å². The first-order chi connectivity index (χ1) is 15.3. The van der Waals surface area contributed by atoms with E-state index in [4.69, 9.17) is 14.2 Å². The molecule has 2 saturated heterocycles. The number of hydrogen-bond acceptors (Lipinski definition) is 6. The molecule has 0 radical (unpaired) electrons. The van der Waals surface area contributed by atoms with Gasteiger partial charge in [0.05, 0.1) is 44.8 Å². The number of benzene rings is 1. The molecule has 1 spiro atoms. The van der Waals surface area contributed by atoms with E-state index < -0.39 is 17.9 Å². The van der Waals surface area contributed by atoms with Crippen molar-refractivity contribution in [2.75, 3.05) is 26.9 Å². The highest BCUT2D eigenvalue weighted by Crippen LogP contribution is 2.42. The van der Waals surface area contributed by atoms with E-state index in [1.54, 1.807) is 11.1 Å². The number of carbonyl (C=O) groups is 2. The van der Waals surface area contributed by atoms with Crippen LogP contribution in [-0.2, 0) is 19.0 Å². The zero-order chi connectivity index (χ0) is 22.9. The van der Waals surface area contributed by atoms with Crippen molar-refractivity contribution in [2.45, 2.75) is 38.1 Å². The van der Waals surface area contributed by atoms with E-state index in [1.807, 2.05) is 38.1 Å². The number of aromatic amines is 1. The van der Waals surface area contributed by atoms with Crippen molar-refractivity contribution in [2.24, 2.45) is 5.92 Å². The summed E-state index contributed by atoms with van der Waals surface area (Å²) >= 11 is 3.45. The van der Waals surface area contributed by atoms with Crippen LogP contribution < -0.4 is 5.32 Å². The van der Waals surface area contributed by atoms with Crippen LogP contribution in [0.25, 0.3) is 11.3 Å². The van der Waals surface area contributed by atoms with Gasteiger partial charge in [0.15, 0.2) is 5.79 Å². The van der Waals surface area contributed by atoms with Gasteiger partial charge in [-0.25, -0.2) is 9.78 Å². The Hall–Kier alpha value is -2.43. The molecule has 2 N–H and O–H groups in total. The predicted octanol–water partition coefficient (Wildman–Crippen LogP) is 3.24. The van der Waals surface area contributed by atoms with Gasteiger partial charge in [0.25, 0.3) is 0 Å². The average Bonchev–Trinajstić information content (AvgIpc) is 3.52. The van der Waals surface area contributed by atoms with E-state index in [0.29, 0.717) is 25.5 Å². The SMILES string of the molecule is COC(=O)N[C@H](C(=O)N1CC2(CC1c1ncc(-c3ccc(Br)cc3)[nH]1)OCCO2)C(C)C. The summed E-state index contributed by atoms with van der Waals surface area (Å²) in [5.41, 5.74) is 1.83. The first-order valence-electron chi connectivity index (χ1n) is 10.6. The zero-order valence-electron chi connectivity index (χ0n) is 18.3. The number of imidazole rings is 1. The molecule has 4 rings (SSSR count). The topological polar surface area (TPSA) is 106 Å². The summed E-state index contributed by atoms with van der Waals surface area (Å²) < 4.78 is 17.5. The predicted molar refractivity (Wildman–Crippen MR) is 120 cm³/mol. The summed E-state index contributed by atoms with van der Waals surface area (Å²) in [4.78, 5) is 35.1. The average molecular weight is 507 g/mol. The molecule has 0 saturated carbocycles. The van der Waals surface area contributed by atoms with E-state index in [0.717, 1.165) is 15.7 Å². The fourth-order valence-electron chi connectivity index (χ4n) is 4.18. The van der Waals surface area contributed by atoms with Crippen molar-refractivity contribution in [3.05, 3.63) is 40.8 Å². The lowest BCUT2D eigenvalue weighted by Crippen LogP contribution is -2.52. The van der Waals surface area contributed by atoms with Crippen molar-refractivity contribution in [1.82, 2.24) is 20.2 Å². The Balaban J connectivity index is 1.63. The molecule has 2 fully saturated rings. The van der Waals surface area contributed by atoms with Gasteiger partial charge in [-0.1, -0.05) is 41.9 Å². The number of carbonyl (C=O) groups excluding carboxylic acids is 2. The molecule has 2 aliphatic heterocycles. The van der Waals surface area contributed by atoms with Crippen LogP contribution in [0.5, 0.6) is 0 Å². The minimum Gasteiger partial charge on any atom is -0.453 e. The monoisotopic (exact) mass is 506 g/mol. The third kappa shape index (κ3) is 4.53. The number of amides is 2. The van der Waals surface area contributed by atoms with Crippen LogP contribution in [0.1, 0.15) is 32.1 Å². The number of likely N-dealkylation sites (tertiary alicyclic amines) is 1. The number of alkyl carbamates (subject to hydrolysis) is 1. The van der Waals surface area contributed by atoms with Crippen LogP contribution >= 0.6 is 15.9 Å². The van der Waals surface area contributed by atoms with Gasteiger partial charge in [-0.2, -0.15) is 0 Å². The number of hydrogen-bond donors (Lipinski definition) is 2. The molecule has 2 aromatic rings. The van der Waals surface area contributed by atoms with E-state index >= 15 is 0 Å². The molecular weight excluding hydrogens is 480 g/mol. The molecule has 1 aromatic heterocycles. The molecule has 2 aliphatic rings. The molecule has 172 valence electrons. The highest BCUT2D eigenvalue weighted by Gasteiger charge is 2.52. The van der Waals surface area contributed by atoms with Crippen LogP contribution in [0, 0.1) is 5.92 Å². The summed E-state index contributed by atoms with van der Waals surface area (Å²) in [5, 5.41) is 2.66. The Morgan fingerprint density at radius 2 is 1.97 bits per heavy atom. The molecule has 1 unspecified atom stereocenters. The molecule has 2 amide bonds. The Morgan fingerprint density at radius 1 is 1.28 bits per heavy atom. The molecule has 9 nitrogen and oxygen atoms in total. The summed E-state index contributed by atoms with van der Waals surface area (Å²) in [5.74, 6) is -0.586. The Morgan fingerprint density at radius 3 is 2.59 bits per heavy atom. The molecule has 32 heavy (non-hydrogen) atoms. The van der Waals surface area contributed by atoms with Gasteiger partial charge in [-0.3, -0.25) is 4.79 Å². The maximum atomic E-state index is 13.6. The van der Waals surface area contributed by atoms with Crippen LogP contribution in [0.3, 0.4) is 0 Å². The van der Waals surface area contributed by atoms with E-state index in [2.05, 4.69) is 31.2 Å². The molecule has 1 aromatic carbocycles. The van der Waals surface area contributed by atoms with Crippen molar-refractivity contribution in [3.8, 4) is 11.3 Å². The molecule has 0 aliphatic carbocycles. The minimum atomic E-state index is -0.863. The van der Waals surface area contributed by atoms with Crippen LogP contribution in [0.15, 0.2) is 34.9 Å². The molecule has 0 bridgehead atoms. The number of H-pyrrole nitrogens is 1. The highest BCUT2D eigenvalue weighted by molar-refractivity contribution is 9.10. The number of nitrogens with zero attached hydrogens (tertiary/aromatic N) is 2.